The fourth-order valence-corrected chi connectivity index (χ4v) is 6.05. The second-order valence-corrected chi connectivity index (χ2v) is 12.2. The zero-order chi connectivity index (χ0) is 33.6. The van der Waals surface area contributed by atoms with Crippen LogP contribution in [-0.4, -0.2) is 30.3 Å². The third-order valence-electron chi connectivity index (χ3n) is 8.22. The van der Waals surface area contributed by atoms with Crippen LogP contribution in [0.15, 0.2) is 91.0 Å². The number of ether oxygens (including phenoxy) is 2. The smallest absolute Gasteiger partial charge is 0.407 e. The van der Waals surface area contributed by atoms with Crippen LogP contribution in [0.4, 0.5) is 18.4 Å². The van der Waals surface area contributed by atoms with Gasteiger partial charge in [-0.3, -0.25) is 4.79 Å². The van der Waals surface area contributed by atoms with Gasteiger partial charge in [-0.2, -0.15) is 0 Å². The predicted molar refractivity (Wildman–Crippen MR) is 173 cm³/mol. The molecule has 8 nitrogen and oxygen atoms in total. The van der Waals surface area contributed by atoms with E-state index in [9.17, 15) is 23.2 Å². The summed E-state index contributed by atoms with van der Waals surface area (Å²) < 4.78 is 38.1. The van der Waals surface area contributed by atoms with E-state index in [2.05, 4.69) is 34.9 Å². The lowest BCUT2D eigenvalue weighted by Gasteiger charge is -2.28. The Morgan fingerprint density at radius 1 is 0.787 bits per heavy atom. The van der Waals surface area contributed by atoms with Crippen LogP contribution in [0.1, 0.15) is 54.0 Å². The van der Waals surface area contributed by atoms with Crippen LogP contribution >= 0.6 is 0 Å². The summed E-state index contributed by atoms with van der Waals surface area (Å²) in [6.45, 7) is 3.93. The number of primary amides is 1. The van der Waals surface area contributed by atoms with Crippen LogP contribution in [0.25, 0.3) is 11.1 Å². The number of benzene rings is 4. The van der Waals surface area contributed by atoms with Gasteiger partial charge < -0.3 is 25.8 Å². The summed E-state index contributed by atoms with van der Waals surface area (Å²) in [5.74, 6) is -3.10. The maximum absolute atomic E-state index is 13.9. The normalized spacial score (nSPS) is 12.9. The fourth-order valence-electron chi connectivity index (χ4n) is 6.05. The summed E-state index contributed by atoms with van der Waals surface area (Å²) in [5, 5.41) is 5.68. The molecule has 0 heterocycles. The van der Waals surface area contributed by atoms with Gasteiger partial charge in [-0.1, -0.05) is 78.9 Å². The van der Waals surface area contributed by atoms with Crippen molar-refractivity contribution in [1.82, 2.24) is 10.6 Å². The molecule has 244 valence electrons. The van der Waals surface area contributed by atoms with Crippen molar-refractivity contribution in [3.8, 4) is 11.1 Å². The molecule has 0 radical (unpaired) electrons. The minimum absolute atomic E-state index is 0.0270. The van der Waals surface area contributed by atoms with E-state index in [1.165, 1.54) is 6.07 Å². The first kappa shape index (κ1) is 33.1. The molecule has 4 aromatic carbocycles. The van der Waals surface area contributed by atoms with Crippen LogP contribution in [0.5, 0.6) is 0 Å². The van der Waals surface area contributed by atoms with Gasteiger partial charge in [-0.05, 0) is 77.8 Å². The summed E-state index contributed by atoms with van der Waals surface area (Å²) in [7, 11) is 0. The Morgan fingerprint density at radius 3 is 1.91 bits per heavy atom. The molecule has 47 heavy (non-hydrogen) atoms. The van der Waals surface area contributed by atoms with Crippen molar-refractivity contribution in [2.24, 2.45) is 11.7 Å². The van der Waals surface area contributed by atoms with Gasteiger partial charge in [0.25, 0.3) is 0 Å². The summed E-state index contributed by atoms with van der Waals surface area (Å²) in [6.07, 6.45) is -1.30. The SMILES string of the molecule is CC(C)(CC(Cc1ccc(F)c(F)c1)C(=O)NCc1ccc(CNC(=O)OCC2c3ccccc3-c3ccccc32)cc1)OC(N)=O. The number of rotatable bonds is 12. The molecule has 0 aliphatic heterocycles. The van der Waals surface area contributed by atoms with Gasteiger partial charge in [-0.25, -0.2) is 18.4 Å². The molecule has 1 aliphatic carbocycles. The highest BCUT2D eigenvalue weighted by Crippen LogP contribution is 2.44. The summed E-state index contributed by atoms with van der Waals surface area (Å²) in [5.41, 5.74) is 10.8. The quantitative estimate of drug-likeness (QED) is 0.158. The molecule has 0 saturated heterocycles. The van der Waals surface area contributed by atoms with E-state index in [1.807, 2.05) is 48.5 Å². The number of hydrogen-bond donors (Lipinski definition) is 3. The van der Waals surface area contributed by atoms with E-state index in [-0.39, 0.29) is 44.4 Å². The van der Waals surface area contributed by atoms with E-state index in [1.54, 1.807) is 13.8 Å². The molecule has 4 aromatic rings. The zero-order valence-corrected chi connectivity index (χ0v) is 26.2. The molecule has 0 bridgehead atoms. The molecule has 1 aliphatic rings. The number of alkyl carbamates (subject to hydrolysis) is 1. The number of carbonyl (C=O) groups is 3. The molecule has 0 spiro atoms. The van der Waals surface area contributed by atoms with Crippen LogP contribution in [-0.2, 0) is 33.8 Å². The molecular formula is C37H37F2N3O5. The number of hydrogen-bond acceptors (Lipinski definition) is 5. The Morgan fingerprint density at radius 2 is 1.34 bits per heavy atom. The second-order valence-electron chi connectivity index (χ2n) is 12.2. The highest BCUT2D eigenvalue weighted by atomic mass is 19.2. The fraction of sp³-hybridized carbons (Fsp3) is 0.270. The highest BCUT2D eigenvalue weighted by molar-refractivity contribution is 5.80. The van der Waals surface area contributed by atoms with Crippen molar-refractivity contribution in [2.45, 2.75) is 51.3 Å². The second kappa shape index (κ2) is 14.5. The number of nitrogens with two attached hydrogens (primary N) is 1. The van der Waals surface area contributed by atoms with E-state index in [4.69, 9.17) is 15.2 Å². The summed E-state index contributed by atoms with van der Waals surface area (Å²) in [4.78, 5) is 37.2. The van der Waals surface area contributed by atoms with Gasteiger partial charge >= 0.3 is 12.2 Å². The van der Waals surface area contributed by atoms with E-state index in [0.29, 0.717) is 5.56 Å². The predicted octanol–water partition coefficient (Wildman–Crippen LogP) is 6.74. The Kier molecular flexibility index (Phi) is 10.2. The number of halogens is 2. The van der Waals surface area contributed by atoms with Gasteiger partial charge in [0.15, 0.2) is 11.6 Å². The minimum atomic E-state index is -1.08. The van der Waals surface area contributed by atoms with Crippen LogP contribution in [0.2, 0.25) is 0 Å². The largest absolute Gasteiger partial charge is 0.449 e. The zero-order valence-electron chi connectivity index (χ0n) is 26.2. The maximum atomic E-state index is 13.9. The third kappa shape index (κ3) is 8.52. The molecular weight excluding hydrogens is 604 g/mol. The molecule has 1 atom stereocenters. The maximum Gasteiger partial charge on any atom is 0.407 e. The molecule has 3 amide bonds. The van der Waals surface area contributed by atoms with Gasteiger partial charge in [0.2, 0.25) is 5.91 Å². The Bertz CT molecular complexity index is 1710. The van der Waals surface area contributed by atoms with E-state index < -0.39 is 35.3 Å². The first-order valence-corrected chi connectivity index (χ1v) is 15.4. The molecule has 0 aromatic heterocycles. The Hall–Kier alpha value is -5.25. The lowest BCUT2D eigenvalue weighted by molar-refractivity contribution is -0.127. The van der Waals surface area contributed by atoms with Crippen LogP contribution < -0.4 is 16.4 Å². The third-order valence-corrected chi connectivity index (χ3v) is 8.22. The van der Waals surface area contributed by atoms with Crippen molar-refractivity contribution in [1.29, 1.82) is 0 Å². The van der Waals surface area contributed by atoms with E-state index >= 15 is 0 Å². The molecule has 10 heteroatoms. The van der Waals surface area contributed by atoms with E-state index in [0.717, 1.165) is 45.5 Å². The highest BCUT2D eigenvalue weighted by Gasteiger charge is 2.31. The Labute approximate surface area is 272 Å². The van der Waals surface area contributed by atoms with Crippen LogP contribution in [0, 0.1) is 17.6 Å². The van der Waals surface area contributed by atoms with Crippen molar-refractivity contribution in [3.05, 3.63) is 130 Å². The average molecular weight is 642 g/mol. The first-order chi connectivity index (χ1) is 22.5. The topological polar surface area (TPSA) is 120 Å². The van der Waals surface area contributed by atoms with Crippen molar-refractivity contribution >= 4 is 18.1 Å². The lowest BCUT2D eigenvalue weighted by atomic mass is 9.87. The monoisotopic (exact) mass is 641 g/mol. The van der Waals surface area contributed by atoms with Crippen LogP contribution in [0.3, 0.4) is 0 Å². The van der Waals surface area contributed by atoms with Crippen molar-refractivity contribution < 1.29 is 32.6 Å². The molecule has 0 fully saturated rings. The standard InChI is InChI=1S/C37H37F2N3O5/c1-37(2,47-35(40)44)19-26(17-25-15-16-32(38)33(39)18-25)34(43)41-20-23-11-13-24(14-12-23)21-42-36(45)46-22-31-29-9-5-3-7-27(29)28-8-4-6-10-30(28)31/h3-16,18,26,31H,17,19-22H2,1-2H3,(H2,40,44)(H,41,43)(H,42,45). The number of fused-ring (bicyclic) bond motifs is 3. The number of nitrogens with one attached hydrogen (secondary N) is 2. The lowest BCUT2D eigenvalue weighted by Crippen LogP contribution is -2.39. The minimum Gasteiger partial charge on any atom is -0.449 e. The van der Waals surface area contributed by atoms with Crippen molar-refractivity contribution in [3.63, 3.8) is 0 Å². The summed E-state index contributed by atoms with van der Waals surface area (Å²) >= 11 is 0. The number of amides is 3. The van der Waals surface area contributed by atoms with Gasteiger partial charge in [0, 0.05) is 24.9 Å². The molecule has 0 saturated carbocycles. The van der Waals surface area contributed by atoms with Crippen molar-refractivity contribution in [2.75, 3.05) is 6.61 Å². The number of carbonyl (C=O) groups excluding carboxylic acids is 3. The van der Waals surface area contributed by atoms with Gasteiger partial charge in [-0.15, -0.1) is 0 Å². The van der Waals surface area contributed by atoms with Gasteiger partial charge in [0.1, 0.15) is 12.2 Å². The summed E-state index contributed by atoms with van der Waals surface area (Å²) in [6, 6.07) is 27.1. The average Bonchev–Trinajstić information content (AvgIpc) is 3.36. The molecule has 5 rings (SSSR count). The Balaban J connectivity index is 1.13. The molecule has 4 N–H and O–H groups in total. The molecule has 1 unspecified atom stereocenters. The van der Waals surface area contributed by atoms with Gasteiger partial charge in [0.05, 0.1) is 0 Å². The first-order valence-electron chi connectivity index (χ1n) is 15.4.